The van der Waals surface area contributed by atoms with Gasteiger partial charge in [0.15, 0.2) is 0 Å². The second-order valence-electron chi connectivity index (χ2n) is 7.90. The van der Waals surface area contributed by atoms with Crippen LogP contribution < -0.4 is 16.0 Å². The van der Waals surface area contributed by atoms with E-state index in [9.17, 15) is 25.0 Å². The molecule has 37 heavy (non-hydrogen) atoms. The van der Waals surface area contributed by atoms with Crippen molar-refractivity contribution in [2.45, 2.75) is 12.8 Å². The Morgan fingerprint density at radius 1 is 1.11 bits per heavy atom. The van der Waals surface area contributed by atoms with Gasteiger partial charge in [0.2, 0.25) is 5.91 Å². The molecule has 2 amide bonds. The van der Waals surface area contributed by atoms with Gasteiger partial charge in [-0.1, -0.05) is 42.1 Å². The molecule has 4 rings (SSSR count). The number of hydrogen-bond donors (Lipinski definition) is 3. The zero-order valence-electron chi connectivity index (χ0n) is 19.6. The van der Waals surface area contributed by atoms with Crippen LogP contribution in [-0.4, -0.2) is 22.5 Å². The minimum atomic E-state index is -0.800. The van der Waals surface area contributed by atoms with E-state index in [-0.39, 0.29) is 22.7 Å². The van der Waals surface area contributed by atoms with Gasteiger partial charge in [-0.05, 0) is 37.3 Å². The van der Waals surface area contributed by atoms with E-state index in [2.05, 4.69) is 22.0 Å². The summed E-state index contributed by atoms with van der Waals surface area (Å²) in [7, 11) is 0. The minimum Gasteiger partial charge on any atom is -0.468 e. The molecule has 2 aromatic carbocycles. The van der Waals surface area contributed by atoms with Gasteiger partial charge in [-0.15, -0.1) is 0 Å². The fraction of sp³-hybridized carbons (Fsp3) is 0.115. The van der Waals surface area contributed by atoms with Crippen molar-refractivity contribution in [3.05, 3.63) is 111 Å². The van der Waals surface area contributed by atoms with Crippen molar-refractivity contribution in [3.63, 3.8) is 0 Å². The molecule has 0 bridgehead atoms. The first kappa shape index (κ1) is 25.3. The third-order valence-electron chi connectivity index (χ3n) is 5.47. The lowest BCUT2D eigenvalue weighted by molar-refractivity contribution is -0.383. The highest BCUT2D eigenvalue weighted by molar-refractivity contribution is 8.03. The topological polar surface area (TPSA) is 150 Å². The summed E-state index contributed by atoms with van der Waals surface area (Å²) < 4.78 is 5.59. The third kappa shape index (κ3) is 5.71. The number of thioether (sulfide) groups is 1. The average molecular weight is 516 g/mol. The molecule has 0 saturated heterocycles. The van der Waals surface area contributed by atoms with Crippen LogP contribution in [0.15, 0.2) is 99.3 Å². The Kier molecular flexibility index (Phi) is 7.71. The monoisotopic (exact) mass is 515 g/mol. The maximum absolute atomic E-state index is 13.3. The number of benzene rings is 2. The fourth-order valence-electron chi connectivity index (χ4n) is 3.85. The standard InChI is InChI=1S/C26H21N5O5S/c1-16-23(25(33)29-17-8-3-2-4-9-17)24(21-12-7-13-36-21)18(14-27)26(28-16)37-15-22(32)30-19-10-5-6-11-20(19)31(34)35/h2-13,24,28H,15H2,1H3,(H,29,33)(H,30,32)/t24-/m0/s1. The number of rotatable bonds is 8. The van der Waals surface area contributed by atoms with Crippen LogP contribution in [0.4, 0.5) is 17.1 Å². The number of allylic oxidation sites excluding steroid dienone is 2. The van der Waals surface area contributed by atoms with E-state index in [1.165, 1.54) is 24.5 Å². The van der Waals surface area contributed by atoms with E-state index in [0.717, 1.165) is 11.8 Å². The second kappa shape index (κ2) is 11.3. The van der Waals surface area contributed by atoms with Crippen LogP contribution in [0.5, 0.6) is 0 Å². The number of furan rings is 1. The molecule has 0 fully saturated rings. The van der Waals surface area contributed by atoms with Gasteiger partial charge < -0.3 is 20.4 Å². The SMILES string of the molecule is CC1=C(C(=O)Nc2ccccc2)[C@H](c2ccco2)C(C#N)=C(SCC(=O)Nc2ccccc2[N+](=O)[O-])N1. The minimum absolute atomic E-state index is 0.0774. The lowest BCUT2D eigenvalue weighted by atomic mass is 9.85. The lowest BCUT2D eigenvalue weighted by Crippen LogP contribution is -2.31. The normalized spacial score (nSPS) is 15.0. The predicted octanol–water partition coefficient (Wildman–Crippen LogP) is 4.89. The van der Waals surface area contributed by atoms with E-state index in [1.54, 1.807) is 49.4 Å². The molecule has 0 radical (unpaired) electrons. The molecule has 0 aliphatic carbocycles. The van der Waals surface area contributed by atoms with Crippen LogP contribution >= 0.6 is 11.8 Å². The molecule has 186 valence electrons. The maximum atomic E-state index is 13.3. The molecule has 0 saturated carbocycles. The van der Waals surface area contributed by atoms with Gasteiger partial charge in [0.1, 0.15) is 11.4 Å². The number of nitrogens with zero attached hydrogens (tertiary/aromatic N) is 2. The number of dihydropyridines is 1. The molecule has 3 aromatic rings. The highest BCUT2D eigenvalue weighted by Gasteiger charge is 2.36. The quantitative estimate of drug-likeness (QED) is 0.283. The molecule has 10 nitrogen and oxygen atoms in total. The van der Waals surface area contributed by atoms with Gasteiger partial charge >= 0.3 is 0 Å². The van der Waals surface area contributed by atoms with Gasteiger partial charge in [-0.3, -0.25) is 19.7 Å². The molecule has 1 aliphatic heterocycles. The number of nitrogens with one attached hydrogen (secondary N) is 3. The average Bonchev–Trinajstić information content (AvgIpc) is 3.42. The first-order valence-electron chi connectivity index (χ1n) is 11.1. The predicted molar refractivity (Wildman–Crippen MR) is 139 cm³/mol. The van der Waals surface area contributed by atoms with Gasteiger partial charge in [0.05, 0.1) is 45.1 Å². The van der Waals surface area contributed by atoms with Crippen molar-refractivity contribution in [3.8, 4) is 6.07 Å². The summed E-state index contributed by atoms with van der Waals surface area (Å²) in [6, 6.07) is 20.3. The maximum Gasteiger partial charge on any atom is 0.292 e. The van der Waals surface area contributed by atoms with E-state index < -0.39 is 22.7 Å². The Morgan fingerprint density at radius 2 is 1.84 bits per heavy atom. The molecular weight excluding hydrogens is 494 g/mol. The Bertz CT molecular complexity index is 1440. The molecule has 11 heteroatoms. The van der Waals surface area contributed by atoms with Crippen LogP contribution in [0.2, 0.25) is 0 Å². The summed E-state index contributed by atoms with van der Waals surface area (Å²) in [6.07, 6.45) is 1.46. The van der Waals surface area contributed by atoms with Gasteiger partial charge in [0, 0.05) is 17.5 Å². The first-order valence-corrected chi connectivity index (χ1v) is 12.1. The lowest BCUT2D eigenvalue weighted by Gasteiger charge is -2.28. The van der Waals surface area contributed by atoms with Crippen LogP contribution in [0.25, 0.3) is 0 Å². The summed E-state index contributed by atoms with van der Waals surface area (Å²) in [5.41, 5.74) is 1.47. The van der Waals surface area contributed by atoms with Crippen molar-refractivity contribution >= 4 is 40.6 Å². The first-order chi connectivity index (χ1) is 17.9. The third-order valence-corrected chi connectivity index (χ3v) is 6.49. The van der Waals surface area contributed by atoms with Gasteiger partial charge in [-0.2, -0.15) is 5.26 Å². The number of amides is 2. The number of carbonyl (C=O) groups excluding carboxylic acids is 2. The Hall–Kier alpha value is -4.82. The number of anilines is 2. The number of para-hydroxylation sites is 3. The zero-order valence-corrected chi connectivity index (χ0v) is 20.4. The van der Waals surface area contributed by atoms with Crippen molar-refractivity contribution in [1.82, 2.24) is 5.32 Å². The largest absolute Gasteiger partial charge is 0.468 e. The Balaban J connectivity index is 1.58. The summed E-state index contributed by atoms with van der Waals surface area (Å²) in [4.78, 5) is 36.6. The summed E-state index contributed by atoms with van der Waals surface area (Å²) in [6.45, 7) is 1.71. The number of nitro groups is 1. The van der Waals surface area contributed by atoms with Crippen molar-refractivity contribution in [1.29, 1.82) is 5.26 Å². The Morgan fingerprint density at radius 3 is 2.51 bits per heavy atom. The highest BCUT2D eigenvalue weighted by atomic mass is 32.2. The molecule has 2 heterocycles. The Labute approximate surface area is 216 Å². The number of nitro benzene ring substituents is 1. The zero-order chi connectivity index (χ0) is 26.4. The second-order valence-corrected chi connectivity index (χ2v) is 8.88. The number of nitriles is 1. The number of carbonyl (C=O) groups is 2. The molecule has 0 spiro atoms. The summed E-state index contributed by atoms with van der Waals surface area (Å²) >= 11 is 1.05. The van der Waals surface area contributed by atoms with E-state index in [4.69, 9.17) is 4.42 Å². The van der Waals surface area contributed by atoms with E-state index in [1.807, 2.05) is 6.07 Å². The summed E-state index contributed by atoms with van der Waals surface area (Å²) in [5, 5.41) is 30.2. The van der Waals surface area contributed by atoms with Gasteiger partial charge in [0.25, 0.3) is 11.6 Å². The van der Waals surface area contributed by atoms with Crippen LogP contribution in [0.3, 0.4) is 0 Å². The highest BCUT2D eigenvalue weighted by Crippen LogP contribution is 2.41. The fourth-order valence-corrected chi connectivity index (χ4v) is 4.74. The molecule has 3 N–H and O–H groups in total. The van der Waals surface area contributed by atoms with Crippen molar-refractivity contribution < 1.29 is 18.9 Å². The van der Waals surface area contributed by atoms with Crippen LogP contribution in [-0.2, 0) is 9.59 Å². The molecule has 1 aromatic heterocycles. The molecule has 1 aliphatic rings. The summed E-state index contributed by atoms with van der Waals surface area (Å²) in [5.74, 6) is -1.43. The van der Waals surface area contributed by atoms with E-state index in [0.29, 0.717) is 27.7 Å². The van der Waals surface area contributed by atoms with E-state index >= 15 is 0 Å². The van der Waals surface area contributed by atoms with Crippen molar-refractivity contribution in [2.24, 2.45) is 0 Å². The van der Waals surface area contributed by atoms with Crippen molar-refractivity contribution in [2.75, 3.05) is 16.4 Å². The van der Waals surface area contributed by atoms with Crippen LogP contribution in [0.1, 0.15) is 18.6 Å². The number of hydrogen-bond acceptors (Lipinski definition) is 8. The smallest absolute Gasteiger partial charge is 0.292 e. The molecule has 1 atom stereocenters. The van der Waals surface area contributed by atoms with Gasteiger partial charge in [-0.25, -0.2) is 0 Å². The molecule has 0 unspecified atom stereocenters. The van der Waals surface area contributed by atoms with Crippen LogP contribution in [0, 0.1) is 21.4 Å². The molecular formula is C26H21N5O5S.